The first-order valence-electron chi connectivity index (χ1n) is 9.46. The largest absolute Gasteiger partial charge is 0.448 e. The van der Waals surface area contributed by atoms with E-state index in [-0.39, 0.29) is 18.4 Å². The highest BCUT2D eigenvalue weighted by molar-refractivity contribution is 5.83. The summed E-state index contributed by atoms with van der Waals surface area (Å²) in [6.45, 7) is 2.35. The zero-order valence-electron chi connectivity index (χ0n) is 15.3. The Morgan fingerprint density at radius 1 is 1.26 bits per heavy atom. The third-order valence-electron chi connectivity index (χ3n) is 5.34. The lowest BCUT2D eigenvalue weighted by molar-refractivity contribution is -0.132. The van der Waals surface area contributed by atoms with Crippen LogP contribution in [-0.2, 0) is 16.0 Å². The summed E-state index contributed by atoms with van der Waals surface area (Å²) in [5, 5.41) is 7.42. The first kappa shape index (κ1) is 17.6. The van der Waals surface area contributed by atoms with Crippen LogP contribution >= 0.6 is 0 Å². The molecule has 2 aliphatic rings. The number of nitrogens with one attached hydrogen (secondary N) is 1. The number of aromatic amines is 1. The molecule has 1 aromatic heterocycles. The number of hydrogen-bond donors (Lipinski definition) is 1. The van der Waals surface area contributed by atoms with Gasteiger partial charge in [-0.05, 0) is 24.0 Å². The van der Waals surface area contributed by atoms with Crippen molar-refractivity contribution < 1.29 is 14.3 Å². The Morgan fingerprint density at radius 3 is 2.89 bits per heavy atom. The van der Waals surface area contributed by atoms with Gasteiger partial charge in [-0.2, -0.15) is 5.10 Å². The molecule has 0 spiro atoms. The standard InChI is InChI=1S/C20H24N4O3/c25-18(14-24-9-10-27-20(24)26)23-8-4-7-16(13-23)19-17(12-21-22-19)11-15-5-2-1-3-6-15/h1-3,5-6,12,16H,4,7-11,13-14H2,(H,21,22)/t16-/m0/s1. The molecule has 2 aliphatic heterocycles. The number of carbonyl (C=O) groups is 2. The van der Waals surface area contributed by atoms with E-state index in [4.69, 9.17) is 4.74 Å². The van der Waals surface area contributed by atoms with Crippen molar-refractivity contribution in [3.63, 3.8) is 0 Å². The highest BCUT2D eigenvalue weighted by Crippen LogP contribution is 2.29. The molecule has 1 atom stereocenters. The van der Waals surface area contributed by atoms with Gasteiger partial charge in [0.2, 0.25) is 5.91 Å². The van der Waals surface area contributed by atoms with E-state index in [9.17, 15) is 9.59 Å². The number of benzene rings is 1. The Hall–Kier alpha value is -2.83. The number of nitrogens with zero attached hydrogens (tertiary/aromatic N) is 3. The van der Waals surface area contributed by atoms with Gasteiger partial charge in [-0.1, -0.05) is 30.3 Å². The van der Waals surface area contributed by atoms with Gasteiger partial charge in [-0.3, -0.25) is 14.8 Å². The first-order chi connectivity index (χ1) is 13.2. The number of rotatable bonds is 5. The lowest BCUT2D eigenvalue weighted by atomic mass is 9.91. The Bertz CT molecular complexity index is 805. The number of amides is 2. The van der Waals surface area contributed by atoms with E-state index < -0.39 is 6.09 Å². The maximum Gasteiger partial charge on any atom is 0.410 e. The fourth-order valence-corrected chi connectivity index (χ4v) is 3.90. The summed E-state index contributed by atoms with van der Waals surface area (Å²) in [5.41, 5.74) is 3.55. The molecular weight excluding hydrogens is 344 g/mol. The Labute approximate surface area is 158 Å². The second kappa shape index (κ2) is 7.82. The number of cyclic esters (lactones) is 1. The zero-order chi connectivity index (χ0) is 18.6. The van der Waals surface area contributed by atoms with E-state index >= 15 is 0 Å². The van der Waals surface area contributed by atoms with Gasteiger partial charge >= 0.3 is 6.09 Å². The molecular formula is C20H24N4O3. The van der Waals surface area contributed by atoms with E-state index in [2.05, 4.69) is 22.3 Å². The highest BCUT2D eigenvalue weighted by atomic mass is 16.6. The van der Waals surface area contributed by atoms with Gasteiger partial charge < -0.3 is 9.64 Å². The topological polar surface area (TPSA) is 78.5 Å². The van der Waals surface area contributed by atoms with Crippen LogP contribution < -0.4 is 0 Å². The van der Waals surface area contributed by atoms with Crippen LogP contribution in [0.2, 0.25) is 0 Å². The lowest BCUT2D eigenvalue weighted by Gasteiger charge is -2.33. The van der Waals surface area contributed by atoms with Gasteiger partial charge in [0.15, 0.2) is 0 Å². The van der Waals surface area contributed by atoms with Crippen molar-refractivity contribution in [1.82, 2.24) is 20.0 Å². The number of likely N-dealkylation sites (tertiary alicyclic amines) is 1. The molecule has 2 amide bonds. The first-order valence-corrected chi connectivity index (χ1v) is 9.46. The second-order valence-corrected chi connectivity index (χ2v) is 7.19. The Kier molecular flexibility index (Phi) is 5.09. The second-order valence-electron chi connectivity index (χ2n) is 7.19. The maximum atomic E-state index is 12.6. The maximum absolute atomic E-state index is 12.6. The van der Waals surface area contributed by atoms with Crippen molar-refractivity contribution in [3.05, 3.63) is 53.3 Å². The molecule has 2 saturated heterocycles. The molecule has 3 heterocycles. The van der Waals surface area contributed by atoms with Gasteiger partial charge in [0.1, 0.15) is 13.2 Å². The summed E-state index contributed by atoms with van der Waals surface area (Å²) < 4.78 is 4.91. The third kappa shape index (κ3) is 3.97. The van der Waals surface area contributed by atoms with Gasteiger partial charge in [0.05, 0.1) is 12.7 Å². The van der Waals surface area contributed by atoms with Crippen molar-refractivity contribution in [2.45, 2.75) is 25.2 Å². The quantitative estimate of drug-likeness (QED) is 0.877. The van der Waals surface area contributed by atoms with Gasteiger partial charge in [-0.15, -0.1) is 0 Å². The summed E-state index contributed by atoms with van der Waals surface area (Å²) in [6.07, 6.45) is 4.31. The summed E-state index contributed by atoms with van der Waals surface area (Å²) in [4.78, 5) is 27.6. The Morgan fingerprint density at radius 2 is 2.11 bits per heavy atom. The number of hydrogen-bond acceptors (Lipinski definition) is 4. The SMILES string of the molecule is O=C(CN1CCOC1=O)N1CCC[C@H](c2[nH]ncc2Cc2ccccc2)C1. The fraction of sp³-hybridized carbons (Fsp3) is 0.450. The predicted molar refractivity (Wildman–Crippen MR) is 99.3 cm³/mol. The molecule has 4 rings (SSSR count). The van der Waals surface area contributed by atoms with Crippen LogP contribution in [-0.4, -0.2) is 64.8 Å². The number of carbonyl (C=O) groups excluding carboxylic acids is 2. The van der Waals surface area contributed by atoms with Gasteiger partial charge in [0.25, 0.3) is 0 Å². The van der Waals surface area contributed by atoms with Crippen LogP contribution in [0.5, 0.6) is 0 Å². The lowest BCUT2D eigenvalue weighted by Crippen LogP contribution is -2.45. The number of ether oxygens (including phenoxy) is 1. The van der Waals surface area contributed by atoms with E-state index in [1.54, 1.807) is 0 Å². The van der Waals surface area contributed by atoms with E-state index in [1.165, 1.54) is 16.0 Å². The fourth-order valence-electron chi connectivity index (χ4n) is 3.90. The van der Waals surface area contributed by atoms with Crippen molar-refractivity contribution >= 4 is 12.0 Å². The number of aromatic nitrogens is 2. The highest BCUT2D eigenvalue weighted by Gasteiger charge is 2.30. The molecule has 1 N–H and O–H groups in total. The molecule has 142 valence electrons. The van der Waals surface area contributed by atoms with Crippen molar-refractivity contribution in [2.24, 2.45) is 0 Å². The average molecular weight is 368 g/mol. The minimum absolute atomic E-state index is 0.0114. The van der Waals surface area contributed by atoms with Crippen LogP contribution in [0.15, 0.2) is 36.5 Å². The smallest absolute Gasteiger partial charge is 0.410 e. The molecule has 7 nitrogen and oxygen atoms in total. The van der Waals surface area contributed by atoms with E-state index in [0.717, 1.165) is 31.5 Å². The summed E-state index contributed by atoms with van der Waals surface area (Å²) in [6, 6.07) is 10.3. The molecule has 0 unspecified atom stereocenters. The molecule has 1 aromatic carbocycles. The van der Waals surface area contributed by atoms with Crippen LogP contribution in [0.1, 0.15) is 35.6 Å². The monoisotopic (exact) mass is 368 g/mol. The van der Waals surface area contributed by atoms with Gasteiger partial charge in [0, 0.05) is 31.1 Å². The number of piperidine rings is 1. The minimum atomic E-state index is -0.393. The van der Waals surface area contributed by atoms with Gasteiger partial charge in [-0.25, -0.2) is 4.79 Å². The predicted octanol–water partition coefficient (Wildman–Crippen LogP) is 2.16. The normalized spacial score (nSPS) is 20.0. The van der Waals surface area contributed by atoms with Crippen LogP contribution in [0, 0.1) is 0 Å². The third-order valence-corrected chi connectivity index (χ3v) is 5.34. The molecule has 7 heteroatoms. The average Bonchev–Trinajstić information content (AvgIpc) is 3.32. The zero-order valence-corrected chi connectivity index (χ0v) is 15.3. The van der Waals surface area contributed by atoms with E-state index in [0.29, 0.717) is 19.7 Å². The summed E-state index contributed by atoms with van der Waals surface area (Å²) in [5.74, 6) is 0.233. The molecule has 0 saturated carbocycles. The van der Waals surface area contributed by atoms with Crippen molar-refractivity contribution in [2.75, 3.05) is 32.8 Å². The van der Waals surface area contributed by atoms with Crippen LogP contribution in [0.3, 0.4) is 0 Å². The molecule has 0 bridgehead atoms. The molecule has 2 fully saturated rings. The number of H-pyrrole nitrogens is 1. The van der Waals surface area contributed by atoms with Crippen LogP contribution in [0.25, 0.3) is 0 Å². The molecule has 0 aliphatic carbocycles. The van der Waals surface area contributed by atoms with Crippen molar-refractivity contribution in [1.29, 1.82) is 0 Å². The summed E-state index contributed by atoms with van der Waals surface area (Å²) in [7, 11) is 0. The Balaban J connectivity index is 1.42. The van der Waals surface area contributed by atoms with E-state index in [1.807, 2.05) is 29.3 Å². The minimum Gasteiger partial charge on any atom is -0.448 e. The molecule has 0 radical (unpaired) electrons. The van der Waals surface area contributed by atoms with Crippen LogP contribution in [0.4, 0.5) is 4.79 Å². The van der Waals surface area contributed by atoms with Crippen molar-refractivity contribution in [3.8, 4) is 0 Å². The molecule has 2 aromatic rings. The molecule has 27 heavy (non-hydrogen) atoms. The summed E-state index contributed by atoms with van der Waals surface area (Å²) >= 11 is 0.